The number of aromatic carboxylic acids is 1. The van der Waals surface area contributed by atoms with E-state index in [-0.39, 0.29) is 18.6 Å². The Labute approximate surface area is 228 Å². The van der Waals surface area contributed by atoms with Crippen molar-refractivity contribution in [3.63, 3.8) is 0 Å². The van der Waals surface area contributed by atoms with Crippen molar-refractivity contribution >= 4 is 50.8 Å². The van der Waals surface area contributed by atoms with Crippen LogP contribution in [0.25, 0.3) is 0 Å². The Morgan fingerprint density at radius 1 is 1.19 bits per heavy atom. The number of hydrogen-bond acceptors (Lipinski definition) is 4. The van der Waals surface area contributed by atoms with Gasteiger partial charge in [-0.15, -0.1) is 0 Å². The minimum atomic E-state index is -0.926. The van der Waals surface area contributed by atoms with E-state index in [1.54, 1.807) is 25.3 Å². The molecule has 0 aromatic heterocycles. The zero-order valence-electron chi connectivity index (χ0n) is 19.6. The van der Waals surface area contributed by atoms with Gasteiger partial charge in [0.2, 0.25) is 0 Å². The molecule has 8 heteroatoms. The van der Waals surface area contributed by atoms with Crippen molar-refractivity contribution < 1.29 is 19.4 Å². The van der Waals surface area contributed by atoms with E-state index in [1.807, 2.05) is 31.2 Å². The van der Waals surface area contributed by atoms with Gasteiger partial charge in [0.25, 0.3) is 0 Å². The fourth-order valence-electron chi connectivity index (χ4n) is 5.22. The number of carboxylic acid groups (broad SMARTS) is 1. The Bertz CT molecular complexity index is 1390. The molecule has 0 amide bonds. The number of hydrogen-bond donors (Lipinski definition) is 2. The van der Waals surface area contributed by atoms with Crippen LogP contribution in [-0.2, 0) is 6.61 Å². The van der Waals surface area contributed by atoms with Crippen LogP contribution >= 0.6 is 39.1 Å². The molecule has 1 aliphatic carbocycles. The summed E-state index contributed by atoms with van der Waals surface area (Å²) in [4.78, 5) is 11.8. The third kappa shape index (κ3) is 4.47. The Kier molecular flexibility index (Phi) is 6.95. The number of fused-ring (bicyclic) bond motifs is 3. The smallest absolute Gasteiger partial charge is 0.336 e. The SMILES string of the molecule is COc1cc([C@@H]2Nc3c(ccc(C(=O)O)c3C)[C@H]3C=CC[C@H]32)cc(Br)c1OCc1ccc(Cl)cc1Cl. The molecule has 0 fully saturated rings. The summed E-state index contributed by atoms with van der Waals surface area (Å²) in [5.41, 5.74) is 4.92. The van der Waals surface area contributed by atoms with Crippen molar-refractivity contribution in [2.75, 3.05) is 12.4 Å². The molecule has 5 nitrogen and oxygen atoms in total. The van der Waals surface area contributed by atoms with Gasteiger partial charge < -0.3 is 19.9 Å². The van der Waals surface area contributed by atoms with Crippen molar-refractivity contribution in [2.24, 2.45) is 5.92 Å². The number of carboxylic acids is 1. The number of allylic oxidation sites excluding steroid dienone is 2. The summed E-state index contributed by atoms with van der Waals surface area (Å²) in [6, 6.07) is 12.9. The Hall–Kier alpha value is -2.67. The lowest BCUT2D eigenvalue weighted by Gasteiger charge is -2.39. The van der Waals surface area contributed by atoms with Gasteiger partial charge in [-0.2, -0.15) is 0 Å². The van der Waals surface area contributed by atoms with Crippen LogP contribution in [0.5, 0.6) is 11.5 Å². The highest BCUT2D eigenvalue weighted by Crippen LogP contribution is 2.52. The van der Waals surface area contributed by atoms with Gasteiger partial charge in [-0.1, -0.05) is 47.5 Å². The first-order chi connectivity index (χ1) is 17.3. The van der Waals surface area contributed by atoms with Crippen LogP contribution in [0.1, 0.15) is 51.0 Å². The molecule has 3 aromatic carbocycles. The summed E-state index contributed by atoms with van der Waals surface area (Å²) in [5, 5.41) is 14.4. The molecule has 0 saturated heterocycles. The summed E-state index contributed by atoms with van der Waals surface area (Å²) in [5.74, 6) is 0.748. The van der Waals surface area contributed by atoms with E-state index < -0.39 is 5.97 Å². The minimum absolute atomic E-state index is 0.0368. The predicted molar refractivity (Wildman–Crippen MR) is 146 cm³/mol. The lowest BCUT2D eigenvalue weighted by atomic mass is 9.76. The van der Waals surface area contributed by atoms with Gasteiger partial charge in [-0.3, -0.25) is 0 Å². The summed E-state index contributed by atoms with van der Waals surface area (Å²) in [6.45, 7) is 2.12. The van der Waals surface area contributed by atoms with Crippen LogP contribution in [-0.4, -0.2) is 18.2 Å². The van der Waals surface area contributed by atoms with E-state index >= 15 is 0 Å². The molecule has 5 rings (SSSR count). The number of nitrogens with one attached hydrogen (secondary N) is 1. The molecule has 0 spiro atoms. The van der Waals surface area contributed by atoms with E-state index in [1.165, 1.54) is 0 Å². The maximum Gasteiger partial charge on any atom is 0.336 e. The summed E-state index contributed by atoms with van der Waals surface area (Å²) < 4.78 is 12.6. The van der Waals surface area contributed by atoms with Crippen molar-refractivity contribution in [3.8, 4) is 11.5 Å². The largest absolute Gasteiger partial charge is 0.493 e. The van der Waals surface area contributed by atoms with Gasteiger partial charge in [0, 0.05) is 27.2 Å². The van der Waals surface area contributed by atoms with Crippen LogP contribution in [0, 0.1) is 12.8 Å². The minimum Gasteiger partial charge on any atom is -0.493 e. The van der Waals surface area contributed by atoms with Crippen molar-refractivity contribution in [3.05, 3.63) is 97.0 Å². The first-order valence-electron chi connectivity index (χ1n) is 11.5. The highest BCUT2D eigenvalue weighted by molar-refractivity contribution is 9.10. The van der Waals surface area contributed by atoms with E-state index in [4.69, 9.17) is 32.7 Å². The lowest BCUT2D eigenvalue weighted by Crippen LogP contribution is -2.30. The first-order valence-corrected chi connectivity index (χ1v) is 13.1. The Morgan fingerprint density at radius 2 is 2.00 bits per heavy atom. The summed E-state index contributed by atoms with van der Waals surface area (Å²) in [7, 11) is 1.61. The molecule has 0 bridgehead atoms. The van der Waals surface area contributed by atoms with Gasteiger partial charge >= 0.3 is 5.97 Å². The second kappa shape index (κ2) is 10.0. The fourth-order valence-corrected chi connectivity index (χ4v) is 6.26. The highest BCUT2D eigenvalue weighted by atomic mass is 79.9. The van der Waals surface area contributed by atoms with Crippen molar-refractivity contribution in [1.29, 1.82) is 0 Å². The van der Waals surface area contributed by atoms with Crippen LogP contribution in [0.2, 0.25) is 10.0 Å². The molecular weight excluding hydrogens is 565 g/mol. The van der Waals surface area contributed by atoms with Gasteiger partial charge in [0.15, 0.2) is 11.5 Å². The molecule has 2 N–H and O–H groups in total. The number of benzene rings is 3. The number of halogens is 3. The normalized spacial score (nSPS) is 19.9. The van der Waals surface area contributed by atoms with Gasteiger partial charge in [-0.25, -0.2) is 4.79 Å². The lowest BCUT2D eigenvalue weighted by molar-refractivity contribution is 0.0696. The average Bonchev–Trinajstić information content (AvgIpc) is 3.34. The maximum absolute atomic E-state index is 11.8. The van der Waals surface area contributed by atoms with Crippen LogP contribution in [0.4, 0.5) is 5.69 Å². The van der Waals surface area contributed by atoms with E-state index in [2.05, 4.69) is 33.4 Å². The third-order valence-electron chi connectivity index (χ3n) is 7.03. The number of anilines is 1. The molecule has 0 unspecified atom stereocenters. The molecule has 3 aromatic rings. The maximum atomic E-state index is 11.8. The number of rotatable bonds is 6. The molecule has 1 aliphatic heterocycles. The van der Waals surface area contributed by atoms with Gasteiger partial charge in [-0.05, 0) is 82.2 Å². The summed E-state index contributed by atoms with van der Waals surface area (Å²) >= 11 is 16.0. The molecule has 2 aliphatic rings. The Balaban J connectivity index is 1.49. The fraction of sp³-hybridized carbons (Fsp3) is 0.250. The first kappa shape index (κ1) is 25.0. The van der Waals surface area contributed by atoms with Gasteiger partial charge in [0.05, 0.1) is 23.2 Å². The second-order valence-electron chi connectivity index (χ2n) is 9.04. The highest BCUT2D eigenvalue weighted by Gasteiger charge is 2.39. The van der Waals surface area contributed by atoms with Crippen LogP contribution < -0.4 is 14.8 Å². The topological polar surface area (TPSA) is 67.8 Å². The second-order valence-corrected chi connectivity index (χ2v) is 10.7. The molecule has 0 saturated carbocycles. The molecule has 186 valence electrons. The number of methoxy groups -OCH3 is 1. The van der Waals surface area contributed by atoms with Crippen molar-refractivity contribution in [2.45, 2.75) is 31.9 Å². The van der Waals surface area contributed by atoms with Crippen LogP contribution in [0.3, 0.4) is 0 Å². The van der Waals surface area contributed by atoms with E-state index in [9.17, 15) is 9.90 Å². The third-order valence-corrected chi connectivity index (χ3v) is 8.20. The molecule has 3 atom stereocenters. The van der Waals surface area contributed by atoms with E-state index in [0.29, 0.717) is 33.0 Å². The van der Waals surface area contributed by atoms with E-state index in [0.717, 1.165) is 38.8 Å². The molecular formula is C28H24BrCl2NO4. The molecule has 36 heavy (non-hydrogen) atoms. The average molecular weight is 589 g/mol. The Morgan fingerprint density at radius 3 is 2.72 bits per heavy atom. The molecule has 0 radical (unpaired) electrons. The van der Waals surface area contributed by atoms with Gasteiger partial charge in [0.1, 0.15) is 6.61 Å². The zero-order chi connectivity index (χ0) is 25.6. The predicted octanol–water partition coefficient (Wildman–Crippen LogP) is 8.18. The summed E-state index contributed by atoms with van der Waals surface area (Å²) in [6.07, 6.45) is 5.37. The standard InChI is InChI=1S/C28H24BrCl2NO4/c1-14-18(28(33)34)8-9-21-19-4-3-5-20(19)26(32-25(14)21)16-10-22(29)27(24(11-16)35-2)36-13-15-6-7-17(30)12-23(15)31/h3-4,6-12,19-20,26,32H,5,13H2,1-2H3,(H,33,34)/t19-,20+,26-/m0/s1. The number of carbonyl (C=O) groups is 1. The monoisotopic (exact) mass is 587 g/mol. The number of ether oxygens (including phenoxy) is 2. The van der Waals surface area contributed by atoms with Crippen molar-refractivity contribution in [1.82, 2.24) is 0 Å². The zero-order valence-corrected chi connectivity index (χ0v) is 22.7. The molecule has 1 heterocycles. The van der Waals surface area contributed by atoms with Crippen LogP contribution in [0.15, 0.2) is 59.1 Å². The quantitative estimate of drug-likeness (QED) is 0.284.